The van der Waals surface area contributed by atoms with Gasteiger partial charge in [0, 0.05) is 36.0 Å². The Labute approximate surface area is 314 Å². The number of ether oxygens (including phenoxy) is 5. The molecule has 0 aliphatic carbocycles. The number of carbonyl (C=O) groups is 2. The number of nitro groups is 1. The van der Waals surface area contributed by atoms with Gasteiger partial charge in [-0.1, -0.05) is 36.4 Å². The molecule has 54 heavy (non-hydrogen) atoms. The monoisotopic (exact) mass is 747 g/mol. The van der Waals surface area contributed by atoms with E-state index >= 15 is 0 Å². The number of carbonyl (C=O) groups excluding carboxylic acids is 1. The summed E-state index contributed by atoms with van der Waals surface area (Å²) in [6.07, 6.45) is 0.150. The summed E-state index contributed by atoms with van der Waals surface area (Å²) in [4.78, 5) is 40.8. The fraction of sp³-hybridized carbons (Fsp3) is 0.425. The number of nitrogens with one attached hydrogen (secondary N) is 1. The standard InChI is InChI=1S/C40H49N3O11/c1-26(2)51-18-17-50-24-30-11-13-34(14-12-30)54-25-33(44)23-41-16-15-29-7-5-10-35(21-29)52-19-20-53-40(47)37-28(4)42-27(3)36(39(45)46)38(37)31-8-6-9-32(22-31)43(48)49/h5-14,21-22,26,33,36,38,41,44H,15-20,23-25H2,1-4H3,(H,45,46). The van der Waals surface area contributed by atoms with Crippen LogP contribution in [0.1, 0.15) is 50.3 Å². The summed E-state index contributed by atoms with van der Waals surface area (Å²) < 4.78 is 28.1. The van der Waals surface area contributed by atoms with Gasteiger partial charge in [0.25, 0.3) is 5.69 Å². The molecule has 1 aliphatic rings. The maximum absolute atomic E-state index is 13.4. The molecule has 0 saturated heterocycles. The molecule has 1 aliphatic heterocycles. The second-order valence-corrected chi connectivity index (χ2v) is 13.1. The van der Waals surface area contributed by atoms with Crippen LogP contribution >= 0.6 is 0 Å². The van der Waals surface area contributed by atoms with Gasteiger partial charge in [0.2, 0.25) is 0 Å². The van der Waals surface area contributed by atoms with E-state index < -0.39 is 34.8 Å². The number of benzene rings is 3. The van der Waals surface area contributed by atoms with Gasteiger partial charge in [-0.15, -0.1) is 0 Å². The third kappa shape index (κ3) is 12.8. The highest BCUT2D eigenvalue weighted by atomic mass is 16.6. The number of aliphatic imine (C=N–C) groups is 1. The van der Waals surface area contributed by atoms with Crippen LogP contribution in [0.2, 0.25) is 0 Å². The molecule has 3 atom stereocenters. The van der Waals surface area contributed by atoms with Crippen molar-refractivity contribution in [2.24, 2.45) is 10.9 Å². The van der Waals surface area contributed by atoms with Gasteiger partial charge in [0.1, 0.15) is 43.3 Å². The molecule has 3 N–H and O–H groups in total. The normalized spacial score (nSPS) is 16.1. The first-order valence-corrected chi connectivity index (χ1v) is 17.8. The Hall–Kier alpha value is -5.15. The van der Waals surface area contributed by atoms with Gasteiger partial charge in [0.15, 0.2) is 0 Å². The summed E-state index contributed by atoms with van der Waals surface area (Å²) in [5.74, 6) is -2.99. The number of nitrogens with zero attached hydrogens (tertiary/aromatic N) is 2. The van der Waals surface area contributed by atoms with Crippen molar-refractivity contribution in [3.63, 3.8) is 0 Å². The van der Waals surface area contributed by atoms with Crippen molar-refractivity contribution >= 4 is 23.3 Å². The van der Waals surface area contributed by atoms with Crippen LogP contribution in [0.15, 0.2) is 89.1 Å². The Morgan fingerprint density at radius 1 is 0.926 bits per heavy atom. The van der Waals surface area contributed by atoms with Crippen molar-refractivity contribution in [2.45, 2.75) is 58.8 Å². The highest BCUT2D eigenvalue weighted by molar-refractivity contribution is 6.06. The SMILES string of the molecule is CC1=NC(C)=C(C(=O)OCCOc2cccc(CCNCC(O)COc3ccc(COCCOC(C)C)cc3)c2)C(c2cccc([N+](=O)[O-])c2)C1C(=O)O. The van der Waals surface area contributed by atoms with Gasteiger partial charge in [-0.2, -0.15) is 0 Å². The van der Waals surface area contributed by atoms with Crippen LogP contribution in [0.4, 0.5) is 5.69 Å². The first kappa shape index (κ1) is 41.6. The summed E-state index contributed by atoms with van der Waals surface area (Å²) >= 11 is 0. The molecule has 14 nitrogen and oxygen atoms in total. The number of hydrogen-bond donors (Lipinski definition) is 3. The zero-order valence-electron chi connectivity index (χ0n) is 31.1. The minimum absolute atomic E-state index is 0.0268. The molecule has 290 valence electrons. The molecule has 3 aromatic rings. The van der Waals surface area contributed by atoms with Crippen LogP contribution in [0.5, 0.6) is 11.5 Å². The van der Waals surface area contributed by atoms with Gasteiger partial charge >= 0.3 is 11.9 Å². The number of nitro benzene ring substituents is 1. The molecular formula is C40H49N3O11. The van der Waals surface area contributed by atoms with E-state index in [9.17, 15) is 29.9 Å². The Balaban J connectivity index is 1.18. The van der Waals surface area contributed by atoms with Gasteiger partial charge in [-0.3, -0.25) is 19.9 Å². The second kappa shape index (κ2) is 20.9. The van der Waals surface area contributed by atoms with Crippen molar-refractivity contribution in [1.29, 1.82) is 0 Å². The number of allylic oxidation sites excluding steroid dienone is 1. The van der Waals surface area contributed by atoms with Crippen LogP contribution in [0.3, 0.4) is 0 Å². The lowest BCUT2D eigenvalue weighted by Crippen LogP contribution is -2.35. The van der Waals surface area contributed by atoms with Crippen LogP contribution in [-0.2, 0) is 36.8 Å². The maximum Gasteiger partial charge on any atom is 0.336 e. The lowest BCUT2D eigenvalue weighted by atomic mass is 9.75. The van der Waals surface area contributed by atoms with Crippen LogP contribution in [0.25, 0.3) is 0 Å². The smallest absolute Gasteiger partial charge is 0.336 e. The molecular weight excluding hydrogens is 698 g/mol. The molecule has 0 amide bonds. The molecule has 0 fully saturated rings. The number of aliphatic carboxylic acids is 1. The first-order chi connectivity index (χ1) is 25.9. The van der Waals surface area contributed by atoms with E-state index in [1.165, 1.54) is 18.2 Å². The predicted octanol–water partition coefficient (Wildman–Crippen LogP) is 5.26. The third-order valence-electron chi connectivity index (χ3n) is 8.52. The minimum Gasteiger partial charge on any atom is -0.491 e. The first-order valence-electron chi connectivity index (χ1n) is 17.8. The number of non-ortho nitro benzene ring substituents is 1. The molecule has 0 saturated carbocycles. The van der Waals surface area contributed by atoms with Crippen LogP contribution in [0, 0.1) is 16.0 Å². The molecule has 3 aromatic carbocycles. The van der Waals surface area contributed by atoms with Crippen molar-refractivity contribution < 1.29 is 48.4 Å². The van der Waals surface area contributed by atoms with Gasteiger partial charge in [-0.25, -0.2) is 4.79 Å². The summed E-state index contributed by atoms with van der Waals surface area (Å²) in [6, 6.07) is 20.6. The molecule has 0 aromatic heterocycles. The van der Waals surface area contributed by atoms with Crippen molar-refractivity contribution in [3.05, 3.63) is 111 Å². The molecule has 0 bridgehead atoms. The number of esters is 1. The Morgan fingerprint density at radius 2 is 1.69 bits per heavy atom. The number of carboxylic acid groups (broad SMARTS) is 1. The number of carboxylic acids is 1. The zero-order chi connectivity index (χ0) is 39.0. The van der Waals surface area contributed by atoms with E-state index in [0.29, 0.717) is 56.4 Å². The highest BCUT2D eigenvalue weighted by Crippen LogP contribution is 2.40. The van der Waals surface area contributed by atoms with E-state index in [2.05, 4.69) is 10.3 Å². The lowest BCUT2D eigenvalue weighted by molar-refractivity contribution is -0.384. The van der Waals surface area contributed by atoms with Crippen molar-refractivity contribution in [1.82, 2.24) is 5.32 Å². The Kier molecular flexibility index (Phi) is 16.1. The van der Waals surface area contributed by atoms with E-state index in [4.69, 9.17) is 23.7 Å². The number of aliphatic hydroxyl groups is 1. The van der Waals surface area contributed by atoms with Gasteiger partial charge in [-0.05, 0) is 81.6 Å². The molecule has 1 heterocycles. The fourth-order valence-corrected chi connectivity index (χ4v) is 5.94. The van der Waals surface area contributed by atoms with Gasteiger partial charge < -0.3 is 39.2 Å². The Morgan fingerprint density at radius 3 is 2.41 bits per heavy atom. The average molecular weight is 748 g/mol. The topological polar surface area (TPSA) is 188 Å². The van der Waals surface area contributed by atoms with Crippen molar-refractivity contribution in [2.75, 3.05) is 46.1 Å². The predicted molar refractivity (Wildman–Crippen MR) is 201 cm³/mol. The third-order valence-corrected chi connectivity index (χ3v) is 8.52. The fourth-order valence-electron chi connectivity index (χ4n) is 5.94. The largest absolute Gasteiger partial charge is 0.491 e. The molecule has 0 radical (unpaired) electrons. The Bertz CT molecular complexity index is 1770. The van der Waals surface area contributed by atoms with Gasteiger partial charge in [0.05, 0.1) is 36.4 Å². The highest BCUT2D eigenvalue weighted by Gasteiger charge is 2.42. The average Bonchev–Trinajstić information content (AvgIpc) is 3.14. The summed E-state index contributed by atoms with van der Waals surface area (Å²) in [7, 11) is 0. The molecule has 14 heteroatoms. The molecule has 3 unspecified atom stereocenters. The van der Waals surface area contributed by atoms with E-state index in [-0.39, 0.29) is 48.6 Å². The van der Waals surface area contributed by atoms with Crippen LogP contribution < -0.4 is 14.8 Å². The van der Waals surface area contributed by atoms with Crippen molar-refractivity contribution in [3.8, 4) is 11.5 Å². The van der Waals surface area contributed by atoms with E-state index in [1.807, 2.05) is 56.3 Å². The number of rotatable bonds is 22. The van der Waals surface area contributed by atoms with Crippen LogP contribution in [-0.4, -0.2) is 91.1 Å². The number of aliphatic hydroxyl groups excluding tert-OH is 1. The maximum atomic E-state index is 13.4. The van der Waals surface area contributed by atoms with E-state index in [1.54, 1.807) is 26.0 Å². The molecule has 0 spiro atoms. The summed E-state index contributed by atoms with van der Waals surface area (Å²) in [5.41, 5.74) is 2.68. The summed E-state index contributed by atoms with van der Waals surface area (Å²) in [6.45, 7) is 9.67. The lowest BCUT2D eigenvalue weighted by Gasteiger charge is -2.30. The number of hydrogen-bond acceptors (Lipinski definition) is 12. The summed E-state index contributed by atoms with van der Waals surface area (Å²) in [5, 5.41) is 35.1. The second-order valence-electron chi connectivity index (χ2n) is 13.1. The quantitative estimate of drug-likeness (QED) is 0.0524. The minimum atomic E-state index is -1.21. The molecule has 4 rings (SSSR count). The zero-order valence-corrected chi connectivity index (χ0v) is 31.1. The van der Waals surface area contributed by atoms with E-state index in [0.717, 1.165) is 11.1 Å².